The Morgan fingerprint density at radius 2 is 2.00 bits per heavy atom. The van der Waals surface area contributed by atoms with E-state index in [4.69, 9.17) is 4.43 Å². The molecule has 10 heteroatoms. The van der Waals surface area contributed by atoms with Crippen molar-refractivity contribution in [3.8, 4) is 0 Å². The molecule has 21 heavy (non-hydrogen) atoms. The smallest absolute Gasteiger partial charge is 0.404 e. The zero-order valence-electron chi connectivity index (χ0n) is 12.3. The number of aryl methyl sites for hydroxylation is 1. The van der Waals surface area contributed by atoms with E-state index in [1.807, 2.05) is 0 Å². The number of nitro groups is 1. The first-order valence-electron chi connectivity index (χ1n) is 6.28. The van der Waals surface area contributed by atoms with Crippen LogP contribution in [0.15, 0.2) is 12.4 Å². The van der Waals surface area contributed by atoms with Crippen LogP contribution in [0.25, 0.3) is 0 Å². The number of alkyl halides is 3. The molecule has 0 fully saturated rings. The second-order valence-corrected chi connectivity index (χ2v) is 10.3. The Morgan fingerprint density at radius 1 is 1.43 bits per heavy atom. The molecule has 120 valence electrons. The fourth-order valence-electron chi connectivity index (χ4n) is 1.82. The van der Waals surface area contributed by atoms with Gasteiger partial charge in [-0.2, -0.15) is 18.3 Å². The molecule has 0 saturated carbocycles. The van der Waals surface area contributed by atoms with Crippen molar-refractivity contribution in [2.45, 2.75) is 51.3 Å². The molecule has 0 aromatic carbocycles. The summed E-state index contributed by atoms with van der Waals surface area (Å²) in [5.74, 6) is 0. The molecule has 1 aromatic heterocycles. The van der Waals surface area contributed by atoms with Crippen LogP contribution >= 0.6 is 0 Å². The zero-order valence-corrected chi connectivity index (χ0v) is 13.3. The van der Waals surface area contributed by atoms with Crippen LogP contribution in [-0.4, -0.2) is 34.8 Å². The van der Waals surface area contributed by atoms with Crippen molar-refractivity contribution < 1.29 is 22.5 Å². The van der Waals surface area contributed by atoms with Gasteiger partial charge in [-0.3, -0.25) is 14.8 Å². The molecular weight excluding hydrogens is 307 g/mol. The fourth-order valence-corrected chi connectivity index (χ4v) is 3.39. The van der Waals surface area contributed by atoms with Gasteiger partial charge < -0.3 is 4.43 Å². The number of rotatable bonds is 6. The van der Waals surface area contributed by atoms with Crippen LogP contribution in [0.3, 0.4) is 0 Å². The van der Waals surface area contributed by atoms with E-state index >= 15 is 0 Å². The van der Waals surface area contributed by atoms with Crippen LogP contribution in [0.5, 0.6) is 0 Å². The monoisotopic (exact) mass is 325 g/mol. The van der Waals surface area contributed by atoms with Gasteiger partial charge >= 0.3 is 11.9 Å². The van der Waals surface area contributed by atoms with Gasteiger partial charge in [0.15, 0.2) is 13.9 Å². The lowest BCUT2D eigenvalue weighted by atomic mass is 10.0. The van der Waals surface area contributed by atoms with Crippen LogP contribution in [-0.2, 0) is 11.0 Å². The molecule has 0 saturated heterocycles. The Bertz CT molecular complexity index is 513. The number of hydrogen-bond acceptors (Lipinski definition) is 4. The molecule has 0 aliphatic heterocycles. The van der Waals surface area contributed by atoms with E-state index in [1.54, 1.807) is 19.6 Å². The molecule has 6 nitrogen and oxygen atoms in total. The van der Waals surface area contributed by atoms with Crippen molar-refractivity contribution in [3.63, 3.8) is 0 Å². The lowest BCUT2D eigenvalue weighted by Gasteiger charge is -2.37. The first-order chi connectivity index (χ1) is 9.34. The predicted octanol–water partition coefficient (Wildman–Crippen LogP) is 3.35. The van der Waals surface area contributed by atoms with Gasteiger partial charge in [-0.25, -0.2) is 0 Å². The Labute approximate surface area is 121 Å². The van der Waals surface area contributed by atoms with Crippen LogP contribution in [0.4, 0.5) is 18.9 Å². The maximum Gasteiger partial charge on any atom is 0.416 e. The van der Waals surface area contributed by atoms with Crippen molar-refractivity contribution >= 4 is 14.0 Å². The van der Waals surface area contributed by atoms with Gasteiger partial charge in [-0.1, -0.05) is 0 Å². The summed E-state index contributed by atoms with van der Waals surface area (Å²) in [4.78, 5) is 9.87. The Balaban J connectivity index is 2.85. The molecule has 1 unspecified atom stereocenters. The number of nitrogens with zero attached hydrogens (tertiary/aromatic N) is 3. The molecule has 0 bridgehead atoms. The first kappa shape index (κ1) is 17.6. The van der Waals surface area contributed by atoms with Gasteiger partial charge in [-0.05, 0) is 26.6 Å². The standard InChI is InChI=1S/C11H18F3N3O3Si/c1-10(11(12,13)14,20-21(2,3)4)5-6-16-8-9(7-15-16)17(18)19/h7-8H,5-6H2,1-4H3. The SMILES string of the molecule is CC(CCn1cc([N+](=O)[O-])cn1)(O[Si](C)(C)C)C(F)(F)F. The van der Waals surface area contributed by atoms with Gasteiger partial charge in [0, 0.05) is 13.0 Å². The molecule has 1 atom stereocenters. The second kappa shape index (κ2) is 5.76. The summed E-state index contributed by atoms with van der Waals surface area (Å²) in [5.41, 5.74) is -2.55. The van der Waals surface area contributed by atoms with Gasteiger partial charge in [0.2, 0.25) is 0 Å². The van der Waals surface area contributed by atoms with Crippen LogP contribution in [0.1, 0.15) is 13.3 Å². The summed E-state index contributed by atoms with van der Waals surface area (Å²) in [6.45, 7) is 5.92. The summed E-state index contributed by atoms with van der Waals surface area (Å²) < 4.78 is 46.1. The lowest BCUT2D eigenvalue weighted by Crippen LogP contribution is -2.51. The van der Waals surface area contributed by atoms with Crippen molar-refractivity contribution in [1.29, 1.82) is 0 Å². The summed E-state index contributed by atoms with van der Waals surface area (Å²) in [6.07, 6.45) is -2.78. The highest BCUT2D eigenvalue weighted by atomic mass is 28.4. The van der Waals surface area contributed by atoms with Gasteiger partial charge in [0.25, 0.3) is 0 Å². The highest BCUT2D eigenvalue weighted by Crippen LogP contribution is 2.38. The van der Waals surface area contributed by atoms with E-state index < -0.39 is 25.0 Å². The minimum Gasteiger partial charge on any atom is -0.404 e. The summed E-state index contributed by atoms with van der Waals surface area (Å²) in [5, 5.41) is 14.2. The maximum absolute atomic E-state index is 13.2. The Kier molecular flexibility index (Phi) is 4.83. The van der Waals surface area contributed by atoms with Crippen LogP contribution in [0.2, 0.25) is 19.6 Å². The maximum atomic E-state index is 13.2. The van der Waals surface area contributed by atoms with Gasteiger partial charge in [-0.15, -0.1) is 0 Å². The number of halogens is 3. The molecule has 1 heterocycles. The van der Waals surface area contributed by atoms with E-state index in [2.05, 4.69) is 5.10 Å². The zero-order chi connectivity index (χ0) is 16.5. The third-order valence-corrected chi connectivity index (χ3v) is 3.84. The average Bonchev–Trinajstić information content (AvgIpc) is 2.71. The van der Waals surface area contributed by atoms with Crippen molar-refractivity contribution in [2.24, 2.45) is 0 Å². The summed E-state index contributed by atoms with van der Waals surface area (Å²) in [7, 11) is -2.41. The minimum atomic E-state index is -4.52. The van der Waals surface area contributed by atoms with E-state index in [9.17, 15) is 23.3 Å². The van der Waals surface area contributed by atoms with Gasteiger partial charge in [0.05, 0.1) is 4.92 Å². The molecule has 0 aliphatic rings. The largest absolute Gasteiger partial charge is 0.416 e. The molecule has 0 radical (unpaired) electrons. The van der Waals surface area contributed by atoms with E-state index in [1.165, 1.54) is 0 Å². The van der Waals surface area contributed by atoms with Crippen molar-refractivity contribution in [1.82, 2.24) is 9.78 Å². The van der Waals surface area contributed by atoms with Crippen LogP contribution in [0, 0.1) is 10.1 Å². The summed E-state index contributed by atoms with van der Waals surface area (Å²) in [6, 6.07) is 0. The van der Waals surface area contributed by atoms with Crippen molar-refractivity contribution in [3.05, 3.63) is 22.5 Å². The topological polar surface area (TPSA) is 70.2 Å². The van der Waals surface area contributed by atoms with Crippen molar-refractivity contribution in [2.75, 3.05) is 0 Å². The molecule has 1 rings (SSSR count). The van der Waals surface area contributed by atoms with Crippen LogP contribution < -0.4 is 0 Å². The fraction of sp³-hybridized carbons (Fsp3) is 0.727. The van der Waals surface area contributed by atoms with E-state index in [-0.39, 0.29) is 18.7 Å². The molecule has 0 amide bonds. The highest BCUT2D eigenvalue weighted by molar-refractivity contribution is 6.69. The number of aromatic nitrogens is 2. The average molecular weight is 325 g/mol. The number of hydrogen-bond donors (Lipinski definition) is 0. The molecule has 0 N–H and O–H groups in total. The second-order valence-electron chi connectivity index (χ2n) is 5.91. The summed E-state index contributed by atoms with van der Waals surface area (Å²) >= 11 is 0. The Morgan fingerprint density at radius 3 is 2.38 bits per heavy atom. The Hall–Kier alpha value is -1.42. The third-order valence-electron chi connectivity index (χ3n) is 2.78. The third kappa shape index (κ3) is 4.81. The van der Waals surface area contributed by atoms with E-state index in [0.29, 0.717) is 0 Å². The molecule has 0 aliphatic carbocycles. The quantitative estimate of drug-likeness (QED) is 0.457. The lowest BCUT2D eigenvalue weighted by molar-refractivity contribution is -0.385. The molecular formula is C11H18F3N3O3Si. The normalized spacial score (nSPS) is 15.8. The minimum absolute atomic E-state index is 0.117. The molecule has 0 spiro atoms. The van der Waals surface area contributed by atoms with E-state index in [0.717, 1.165) is 24.0 Å². The first-order valence-corrected chi connectivity index (χ1v) is 9.69. The molecule has 1 aromatic rings. The van der Waals surface area contributed by atoms with Gasteiger partial charge in [0.1, 0.15) is 12.4 Å². The predicted molar refractivity (Wildman–Crippen MR) is 72.4 cm³/mol. The highest BCUT2D eigenvalue weighted by Gasteiger charge is 2.53.